The van der Waals surface area contributed by atoms with Crippen molar-refractivity contribution >= 4 is 28.4 Å². The Kier molecular flexibility index (Phi) is 2.65. The average molecular weight is 257 g/mol. The Morgan fingerprint density at radius 3 is 2.22 bits per heavy atom. The van der Waals surface area contributed by atoms with Gasteiger partial charge in [-0.3, -0.25) is 0 Å². The van der Waals surface area contributed by atoms with Crippen LogP contribution in [-0.4, -0.2) is 5.97 Å². The molecule has 2 aromatic rings. The quantitative estimate of drug-likeness (QED) is 0.723. The van der Waals surface area contributed by atoms with Gasteiger partial charge in [0.25, 0.3) is 0 Å². The molecule has 2 nitrogen and oxygen atoms in total. The molecule has 0 spiro atoms. The Balaban J connectivity index is 2.17. The number of halogens is 1. The number of ether oxygens (including phenoxy) is 1. The third kappa shape index (κ3) is 1.71. The molecule has 3 heteroatoms. The second-order valence-electron chi connectivity index (χ2n) is 3.94. The van der Waals surface area contributed by atoms with Crippen LogP contribution in [0.5, 0.6) is 0 Å². The molecule has 0 amide bonds. The van der Waals surface area contributed by atoms with E-state index < -0.39 is 0 Å². The molecule has 0 saturated heterocycles. The lowest BCUT2D eigenvalue weighted by Gasteiger charge is -2.03. The molecule has 1 aliphatic heterocycles. The number of carbonyl (C=O) groups is 1. The molecule has 0 bridgehead atoms. The number of carbonyl (C=O) groups excluding carboxylic acids is 1. The molecular formula is C15H9ClO2. The van der Waals surface area contributed by atoms with E-state index in [0.717, 1.165) is 11.1 Å². The summed E-state index contributed by atoms with van der Waals surface area (Å²) < 4.78 is 5.26. The maximum absolute atomic E-state index is 11.7. The van der Waals surface area contributed by atoms with E-state index in [1.807, 2.05) is 42.5 Å². The predicted octanol–water partition coefficient (Wildman–Crippen LogP) is 3.92. The fraction of sp³-hybridized carbons (Fsp3) is 0. The second kappa shape index (κ2) is 4.31. The Hall–Kier alpha value is -2.06. The van der Waals surface area contributed by atoms with Gasteiger partial charge < -0.3 is 4.74 Å². The molecule has 0 aliphatic carbocycles. The van der Waals surface area contributed by atoms with Crippen molar-refractivity contribution in [3.63, 3.8) is 0 Å². The van der Waals surface area contributed by atoms with Crippen molar-refractivity contribution in [1.29, 1.82) is 0 Å². The third-order valence-electron chi connectivity index (χ3n) is 2.81. The van der Waals surface area contributed by atoms with E-state index in [-0.39, 0.29) is 5.97 Å². The lowest BCUT2D eigenvalue weighted by atomic mass is 10.1. The van der Waals surface area contributed by atoms with Crippen molar-refractivity contribution in [2.75, 3.05) is 0 Å². The molecule has 0 saturated carbocycles. The Labute approximate surface area is 109 Å². The van der Waals surface area contributed by atoms with Gasteiger partial charge in [0.15, 0.2) is 5.76 Å². The Morgan fingerprint density at radius 2 is 1.50 bits per heavy atom. The maximum Gasteiger partial charge on any atom is 0.344 e. The summed E-state index contributed by atoms with van der Waals surface area (Å²) in [6.45, 7) is 0. The summed E-state index contributed by atoms with van der Waals surface area (Å²) in [6, 6.07) is 16.7. The van der Waals surface area contributed by atoms with Crippen molar-refractivity contribution in [2.45, 2.75) is 0 Å². The van der Waals surface area contributed by atoms with Gasteiger partial charge in [-0.15, -0.1) is 0 Å². The van der Waals surface area contributed by atoms with Crippen LogP contribution in [0.15, 0.2) is 54.6 Å². The summed E-state index contributed by atoms with van der Waals surface area (Å²) in [5, 5.41) is 0.453. The summed E-state index contributed by atoms with van der Waals surface area (Å²) >= 11 is 6.31. The van der Waals surface area contributed by atoms with E-state index in [2.05, 4.69) is 0 Å². The van der Waals surface area contributed by atoms with Gasteiger partial charge in [0, 0.05) is 5.56 Å². The highest BCUT2D eigenvalue weighted by Gasteiger charge is 2.28. The van der Waals surface area contributed by atoms with Crippen molar-refractivity contribution < 1.29 is 9.53 Å². The van der Waals surface area contributed by atoms with Crippen LogP contribution in [0.1, 0.15) is 21.5 Å². The van der Waals surface area contributed by atoms with Crippen molar-refractivity contribution in [2.24, 2.45) is 0 Å². The first-order valence-electron chi connectivity index (χ1n) is 5.54. The highest BCUT2D eigenvalue weighted by atomic mass is 35.5. The third-order valence-corrected chi connectivity index (χ3v) is 3.20. The summed E-state index contributed by atoms with van der Waals surface area (Å²) in [7, 11) is 0. The van der Waals surface area contributed by atoms with Gasteiger partial charge in [-0.2, -0.15) is 0 Å². The van der Waals surface area contributed by atoms with Gasteiger partial charge in [0.05, 0.1) is 10.6 Å². The lowest BCUT2D eigenvalue weighted by Crippen LogP contribution is -1.92. The summed E-state index contributed by atoms with van der Waals surface area (Å²) in [6.07, 6.45) is 0. The molecule has 0 fully saturated rings. The zero-order chi connectivity index (χ0) is 12.5. The van der Waals surface area contributed by atoms with Crippen LogP contribution in [0.25, 0.3) is 10.8 Å². The minimum absolute atomic E-state index is 0.352. The first-order valence-corrected chi connectivity index (χ1v) is 5.92. The molecule has 1 aliphatic rings. The van der Waals surface area contributed by atoms with E-state index in [9.17, 15) is 4.79 Å². The van der Waals surface area contributed by atoms with Crippen molar-refractivity contribution in [3.8, 4) is 0 Å². The van der Waals surface area contributed by atoms with E-state index in [4.69, 9.17) is 16.3 Å². The molecule has 0 unspecified atom stereocenters. The minimum atomic E-state index is -0.352. The number of rotatable bonds is 1. The standard InChI is InChI=1S/C15H9ClO2/c16-13(10-6-2-1-3-7-10)14-11-8-4-5-9-12(11)15(17)18-14/h1-9H/b14-13+. The van der Waals surface area contributed by atoms with Gasteiger partial charge in [-0.25, -0.2) is 4.79 Å². The van der Waals surface area contributed by atoms with Gasteiger partial charge in [-0.05, 0) is 11.6 Å². The molecule has 1 heterocycles. The number of hydrogen-bond acceptors (Lipinski definition) is 2. The number of esters is 1. The second-order valence-corrected chi connectivity index (χ2v) is 4.32. The maximum atomic E-state index is 11.7. The van der Waals surface area contributed by atoms with Crippen LogP contribution in [0.3, 0.4) is 0 Å². The summed E-state index contributed by atoms with van der Waals surface area (Å²) in [5.74, 6) is 0.0816. The lowest BCUT2D eigenvalue weighted by molar-refractivity contribution is 0.0717. The Bertz CT molecular complexity index is 645. The van der Waals surface area contributed by atoms with E-state index in [1.165, 1.54) is 0 Å². The van der Waals surface area contributed by atoms with Crippen LogP contribution in [-0.2, 0) is 4.74 Å². The molecular weight excluding hydrogens is 248 g/mol. The molecule has 0 aromatic heterocycles. The van der Waals surface area contributed by atoms with Crippen LogP contribution < -0.4 is 0 Å². The van der Waals surface area contributed by atoms with Crippen LogP contribution in [0.2, 0.25) is 0 Å². The number of hydrogen-bond donors (Lipinski definition) is 0. The highest BCUT2D eigenvalue weighted by Crippen LogP contribution is 2.37. The van der Waals surface area contributed by atoms with Crippen molar-refractivity contribution in [3.05, 3.63) is 71.3 Å². The molecule has 2 aromatic carbocycles. The smallest absolute Gasteiger partial charge is 0.344 e. The van der Waals surface area contributed by atoms with Gasteiger partial charge in [0.2, 0.25) is 0 Å². The van der Waals surface area contributed by atoms with E-state index in [1.54, 1.807) is 12.1 Å². The van der Waals surface area contributed by atoms with Crippen LogP contribution >= 0.6 is 11.6 Å². The van der Waals surface area contributed by atoms with Gasteiger partial charge in [0.1, 0.15) is 0 Å². The SMILES string of the molecule is O=C1O/C(=C(/Cl)c2ccccc2)c2ccccc21. The molecule has 0 atom stereocenters. The summed E-state index contributed by atoms with van der Waals surface area (Å²) in [4.78, 5) is 11.7. The normalized spacial score (nSPS) is 16.2. The zero-order valence-corrected chi connectivity index (χ0v) is 10.1. The molecule has 3 rings (SSSR count). The van der Waals surface area contributed by atoms with Crippen molar-refractivity contribution in [1.82, 2.24) is 0 Å². The minimum Gasteiger partial charge on any atom is -0.421 e. The van der Waals surface area contributed by atoms with E-state index in [0.29, 0.717) is 16.4 Å². The zero-order valence-electron chi connectivity index (χ0n) is 9.39. The fourth-order valence-corrected chi connectivity index (χ4v) is 2.21. The van der Waals surface area contributed by atoms with Gasteiger partial charge >= 0.3 is 5.97 Å². The first kappa shape index (κ1) is 11.1. The molecule has 0 N–H and O–H groups in total. The fourth-order valence-electron chi connectivity index (χ4n) is 1.94. The molecule has 88 valence electrons. The topological polar surface area (TPSA) is 26.3 Å². The monoisotopic (exact) mass is 256 g/mol. The highest BCUT2D eigenvalue weighted by molar-refractivity contribution is 6.52. The molecule has 18 heavy (non-hydrogen) atoms. The Morgan fingerprint density at radius 1 is 0.889 bits per heavy atom. The van der Waals surface area contributed by atoms with Gasteiger partial charge in [-0.1, -0.05) is 60.1 Å². The largest absolute Gasteiger partial charge is 0.421 e. The van der Waals surface area contributed by atoms with Crippen LogP contribution in [0.4, 0.5) is 0 Å². The molecule has 0 radical (unpaired) electrons. The number of benzene rings is 2. The predicted molar refractivity (Wildman–Crippen MR) is 71.0 cm³/mol. The van der Waals surface area contributed by atoms with Crippen LogP contribution in [0, 0.1) is 0 Å². The number of fused-ring (bicyclic) bond motifs is 1. The average Bonchev–Trinajstić information content (AvgIpc) is 2.77. The summed E-state index contributed by atoms with van der Waals surface area (Å²) in [5.41, 5.74) is 2.14. The first-order chi connectivity index (χ1) is 8.77. The number of cyclic esters (lactones) is 1. The van der Waals surface area contributed by atoms with E-state index >= 15 is 0 Å².